The Kier molecular flexibility index (Phi) is 11.7. The van der Waals surface area contributed by atoms with Gasteiger partial charge in [0.2, 0.25) is 0 Å². The molecule has 7 aromatic carbocycles. The average molecular weight is 1030 g/mol. The molecule has 0 N–H and O–H groups in total. The molecule has 0 amide bonds. The summed E-state index contributed by atoms with van der Waals surface area (Å²) in [6.07, 6.45) is 0. The Morgan fingerprint density at radius 1 is 0.492 bits per heavy atom. The minimum absolute atomic E-state index is 0. The van der Waals surface area contributed by atoms with Crippen molar-refractivity contribution < 1.29 is 20.1 Å². The number of hydrogen-bond acceptors (Lipinski definition) is 2. The molecule has 3 nitrogen and oxygen atoms in total. The van der Waals surface area contributed by atoms with E-state index in [2.05, 4.69) is 229 Å². The van der Waals surface area contributed by atoms with E-state index < -0.39 is 0 Å². The molecule has 1 heterocycles. The fourth-order valence-electron chi connectivity index (χ4n) is 9.90. The third-order valence-corrected chi connectivity index (χ3v) is 13.9. The van der Waals surface area contributed by atoms with Gasteiger partial charge in [0.05, 0.1) is 11.5 Å². The zero-order valence-electron chi connectivity index (χ0n) is 40.5. The maximum absolute atomic E-state index is 5.06. The number of fused-ring (bicyclic) bond motifs is 3. The number of nitrogens with zero attached hydrogens (tertiary/aromatic N) is 3. The fourth-order valence-corrected chi connectivity index (χ4v) is 9.90. The molecule has 0 unspecified atom stereocenters. The summed E-state index contributed by atoms with van der Waals surface area (Å²) in [5, 5.41) is 5.05. The van der Waals surface area contributed by atoms with Gasteiger partial charge in [-0.2, -0.15) is 5.10 Å². The molecule has 0 saturated carbocycles. The molecule has 0 saturated heterocycles. The first kappa shape index (κ1) is 45.9. The van der Waals surface area contributed by atoms with Gasteiger partial charge in [-0.05, 0) is 151 Å². The molecule has 65 heavy (non-hydrogen) atoms. The first-order chi connectivity index (χ1) is 30.2. The molecule has 1 aliphatic rings. The smallest absolute Gasteiger partial charge is 0.137 e. The van der Waals surface area contributed by atoms with E-state index in [0.717, 1.165) is 34.0 Å². The molecular weight excluding hydrogens is 967 g/mol. The minimum Gasteiger partial charge on any atom is -0.262 e. The second-order valence-electron chi connectivity index (χ2n) is 21.4. The van der Waals surface area contributed by atoms with Gasteiger partial charge in [0, 0.05) is 25.5 Å². The summed E-state index contributed by atoms with van der Waals surface area (Å²) in [6, 6.07) is 55.9. The Hall–Kier alpha value is -5.67. The van der Waals surface area contributed by atoms with Crippen molar-refractivity contribution >= 4 is 0 Å². The number of benzene rings is 7. The standard InChI is InChI=1S/C61H62N3.Ir/c1-38-31-44(47-34-45(41-21-25-48(26-22-41)58(4,5)6)33-46(35-47)42-23-27-49(28-24-42)59(7,8)9)32-39(2)56(38)64-57(62-40(3)63-64)43-17-16-18-50(36-43)60(10,11)51-29-30-53-52-19-14-15-20-54(52)61(12,13)55(53)37-51;/h14-16,18-37H,1-13H3;/q-1;. The van der Waals surface area contributed by atoms with Crippen LogP contribution in [0.1, 0.15) is 120 Å². The third-order valence-electron chi connectivity index (χ3n) is 13.9. The maximum Gasteiger partial charge on any atom is 0.137 e. The van der Waals surface area contributed by atoms with Crippen LogP contribution in [0.2, 0.25) is 0 Å². The zero-order chi connectivity index (χ0) is 45.5. The molecule has 0 spiro atoms. The fraction of sp³-hybridized carbons (Fsp3) is 0.279. The quantitative estimate of drug-likeness (QED) is 0.149. The van der Waals surface area contributed by atoms with Gasteiger partial charge in [0.25, 0.3) is 0 Å². The summed E-state index contributed by atoms with van der Waals surface area (Å²) in [5.41, 5.74) is 21.9. The minimum atomic E-state index is -0.270. The van der Waals surface area contributed by atoms with Crippen LogP contribution < -0.4 is 0 Å². The molecule has 8 aromatic rings. The van der Waals surface area contributed by atoms with Gasteiger partial charge in [-0.3, -0.25) is 9.67 Å². The van der Waals surface area contributed by atoms with Crippen LogP contribution in [-0.2, 0) is 41.8 Å². The third kappa shape index (κ3) is 8.41. The van der Waals surface area contributed by atoms with Crippen LogP contribution in [-0.4, -0.2) is 14.8 Å². The van der Waals surface area contributed by atoms with Gasteiger partial charge in [-0.1, -0.05) is 160 Å². The summed E-state index contributed by atoms with van der Waals surface area (Å²) in [5.74, 6) is 1.52. The van der Waals surface area contributed by atoms with Crippen molar-refractivity contribution in [1.29, 1.82) is 0 Å². The van der Waals surface area contributed by atoms with Crippen molar-refractivity contribution in [1.82, 2.24) is 14.8 Å². The van der Waals surface area contributed by atoms with Crippen molar-refractivity contribution in [2.45, 2.75) is 112 Å². The van der Waals surface area contributed by atoms with E-state index in [0.29, 0.717) is 0 Å². The average Bonchev–Trinajstić information content (AvgIpc) is 3.76. The number of rotatable bonds is 7. The van der Waals surface area contributed by atoms with Crippen LogP contribution >= 0.6 is 0 Å². The van der Waals surface area contributed by atoms with Gasteiger partial charge in [0.15, 0.2) is 0 Å². The van der Waals surface area contributed by atoms with Crippen molar-refractivity contribution in [3.8, 4) is 61.6 Å². The van der Waals surface area contributed by atoms with E-state index in [-0.39, 0.29) is 41.8 Å². The van der Waals surface area contributed by atoms with Crippen molar-refractivity contribution in [2.24, 2.45) is 0 Å². The van der Waals surface area contributed by atoms with Crippen LogP contribution in [0.15, 0.2) is 140 Å². The molecule has 1 aliphatic carbocycles. The number of hydrogen-bond donors (Lipinski definition) is 0. The largest absolute Gasteiger partial charge is 0.262 e. The molecule has 331 valence electrons. The molecule has 4 heteroatoms. The van der Waals surface area contributed by atoms with Gasteiger partial charge in [-0.15, -0.1) is 35.4 Å². The molecular formula is C61H62IrN3-. The van der Waals surface area contributed by atoms with Gasteiger partial charge in [0.1, 0.15) is 5.82 Å². The summed E-state index contributed by atoms with van der Waals surface area (Å²) in [4.78, 5) is 5.06. The zero-order valence-corrected chi connectivity index (χ0v) is 42.8. The number of aromatic nitrogens is 3. The van der Waals surface area contributed by atoms with E-state index >= 15 is 0 Å². The van der Waals surface area contributed by atoms with Crippen LogP contribution in [0.25, 0.3) is 61.6 Å². The van der Waals surface area contributed by atoms with Gasteiger partial charge < -0.3 is 0 Å². The second-order valence-corrected chi connectivity index (χ2v) is 21.4. The van der Waals surface area contributed by atoms with E-state index in [4.69, 9.17) is 10.1 Å². The Morgan fingerprint density at radius 2 is 0.969 bits per heavy atom. The van der Waals surface area contributed by atoms with Gasteiger partial charge >= 0.3 is 0 Å². The molecule has 0 aliphatic heterocycles. The SMILES string of the molecule is Cc1nc(-c2[c-]ccc(C(C)(C)c3ccc4c(c3)C(C)(C)c3ccccc3-4)c2)n(-c2c(C)cc(-c3cc(-c4ccc(C(C)(C)C)cc4)cc(-c4ccc(C(C)(C)C)cc4)c3)cc2C)n1.[Ir]. The van der Waals surface area contributed by atoms with E-state index in [1.165, 1.54) is 77.9 Å². The van der Waals surface area contributed by atoms with Crippen molar-refractivity contribution in [3.05, 3.63) is 196 Å². The Labute approximate surface area is 401 Å². The van der Waals surface area contributed by atoms with Gasteiger partial charge in [-0.25, -0.2) is 0 Å². The normalized spacial score (nSPS) is 13.3. The summed E-state index contributed by atoms with van der Waals surface area (Å²) < 4.78 is 2.04. The molecule has 1 radical (unpaired) electrons. The summed E-state index contributed by atoms with van der Waals surface area (Å²) in [7, 11) is 0. The van der Waals surface area contributed by atoms with Crippen LogP contribution in [0.3, 0.4) is 0 Å². The topological polar surface area (TPSA) is 30.7 Å². The first-order valence-corrected chi connectivity index (χ1v) is 22.9. The molecule has 1 aromatic heterocycles. The maximum atomic E-state index is 5.06. The Morgan fingerprint density at radius 3 is 1.52 bits per heavy atom. The predicted molar refractivity (Wildman–Crippen MR) is 270 cm³/mol. The van der Waals surface area contributed by atoms with E-state index in [9.17, 15) is 0 Å². The van der Waals surface area contributed by atoms with Crippen LogP contribution in [0.5, 0.6) is 0 Å². The van der Waals surface area contributed by atoms with E-state index in [1.807, 2.05) is 11.6 Å². The Balaban J connectivity index is 0.00000576. The van der Waals surface area contributed by atoms with Crippen molar-refractivity contribution in [2.75, 3.05) is 0 Å². The molecule has 9 rings (SSSR count). The number of aryl methyl sites for hydroxylation is 3. The molecule has 0 fully saturated rings. The molecule has 0 atom stereocenters. The Bertz CT molecular complexity index is 2980. The molecule has 0 bridgehead atoms. The van der Waals surface area contributed by atoms with E-state index in [1.54, 1.807) is 0 Å². The summed E-state index contributed by atoms with van der Waals surface area (Å²) >= 11 is 0. The summed E-state index contributed by atoms with van der Waals surface area (Å²) in [6.45, 7) is 29.4. The first-order valence-electron chi connectivity index (χ1n) is 22.9. The van der Waals surface area contributed by atoms with Crippen LogP contribution in [0, 0.1) is 26.8 Å². The van der Waals surface area contributed by atoms with Crippen LogP contribution in [0.4, 0.5) is 0 Å². The monoisotopic (exact) mass is 1030 g/mol. The van der Waals surface area contributed by atoms with Crippen molar-refractivity contribution in [3.63, 3.8) is 0 Å². The predicted octanol–water partition coefficient (Wildman–Crippen LogP) is 15.9. The second kappa shape index (κ2) is 16.6.